The zero-order chi connectivity index (χ0) is 19.3. The Morgan fingerprint density at radius 2 is 1.64 bits per heavy atom. The molecule has 1 saturated heterocycles. The second kappa shape index (κ2) is 8.40. The molecule has 0 atom stereocenters. The van der Waals surface area contributed by atoms with E-state index in [1.807, 2.05) is 30.0 Å². The average Bonchev–Trinajstić information content (AvgIpc) is 2.96. The Morgan fingerprint density at radius 1 is 0.929 bits per heavy atom. The summed E-state index contributed by atoms with van der Waals surface area (Å²) in [5.41, 5.74) is 4.33. The molecule has 5 heteroatoms. The van der Waals surface area contributed by atoms with Crippen molar-refractivity contribution in [3.63, 3.8) is 0 Å². The normalized spacial score (nSPS) is 15.4. The lowest BCUT2D eigenvalue weighted by atomic mass is 10.0. The molecule has 144 valence electrons. The molecule has 0 N–H and O–H groups in total. The number of amides is 1. The Morgan fingerprint density at radius 3 is 2.39 bits per heavy atom. The van der Waals surface area contributed by atoms with Crippen LogP contribution in [0.5, 0.6) is 0 Å². The van der Waals surface area contributed by atoms with Gasteiger partial charge in [0.25, 0.3) is 0 Å². The van der Waals surface area contributed by atoms with E-state index in [1.165, 1.54) is 11.1 Å². The summed E-state index contributed by atoms with van der Waals surface area (Å²) in [6.07, 6.45) is 1.94. The third-order valence-corrected chi connectivity index (χ3v) is 5.28. The van der Waals surface area contributed by atoms with Gasteiger partial charge in [0.15, 0.2) is 0 Å². The van der Waals surface area contributed by atoms with Gasteiger partial charge in [0.05, 0.1) is 5.69 Å². The highest BCUT2D eigenvalue weighted by Gasteiger charge is 2.18. The smallest absolute Gasteiger partial charge is 0.226 e. The molecule has 1 fully saturated rings. The Bertz CT molecular complexity index is 919. The number of oxazole rings is 1. The SMILES string of the molecule is Cc1oc(-c2ccc(-c3ccccc3)cc2)nc1CN1CCCN(C=O)CC1. The first-order valence-corrected chi connectivity index (χ1v) is 9.77. The molecular formula is C23H25N3O2. The minimum atomic E-state index is 0.663. The zero-order valence-electron chi connectivity index (χ0n) is 16.2. The van der Waals surface area contributed by atoms with Crippen molar-refractivity contribution in [2.24, 2.45) is 0 Å². The van der Waals surface area contributed by atoms with Crippen LogP contribution in [0.1, 0.15) is 17.9 Å². The van der Waals surface area contributed by atoms with Gasteiger partial charge < -0.3 is 9.32 Å². The quantitative estimate of drug-likeness (QED) is 0.633. The van der Waals surface area contributed by atoms with Crippen molar-refractivity contribution >= 4 is 6.41 Å². The van der Waals surface area contributed by atoms with Gasteiger partial charge in [-0.2, -0.15) is 0 Å². The first kappa shape index (κ1) is 18.4. The van der Waals surface area contributed by atoms with E-state index < -0.39 is 0 Å². The molecule has 0 spiro atoms. The fraction of sp³-hybridized carbons (Fsp3) is 0.304. The Labute approximate surface area is 165 Å². The maximum absolute atomic E-state index is 11.0. The van der Waals surface area contributed by atoms with Gasteiger partial charge in [-0.05, 0) is 36.6 Å². The van der Waals surface area contributed by atoms with Crippen molar-refractivity contribution in [1.82, 2.24) is 14.8 Å². The fourth-order valence-corrected chi connectivity index (χ4v) is 3.60. The van der Waals surface area contributed by atoms with E-state index in [1.54, 1.807) is 0 Å². The number of hydrogen-bond acceptors (Lipinski definition) is 4. The lowest BCUT2D eigenvalue weighted by Gasteiger charge is -2.18. The third-order valence-electron chi connectivity index (χ3n) is 5.28. The predicted molar refractivity (Wildman–Crippen MR) is 110 cm³/mol. The topological polar surface area (TPSA) is 49.6 Å². The number of carbonyl (C=O) groups is 1. The summed E-state index contributed by atoms with van der Waals surface area (Å²) in [5, 5.41) is 0. The van der Waals surface area contributed by atoms with E-state index in [0.29, 0.717) is 5.89 Å². The second-order valence-corrected chi connectivity index (χ2v) is 7.24. The van der Waals surface area contributed by atoms with E-state index >= 15 is 0 Å². The van der Waals surface area contributed by atoms with Crippen LogP contribution < -0.4 is 0 Å². The molecule has 0 saturated carbocycles. The molecule has 5 nitrogen and oxygen atoms in total. The molecule has 1 aliphatic rings. The Kier molecular flexibility index (Phi) is 5.53. The standard InChI is InChI=1S/C23H25N3O2/c1-18-22(16-25-12-5-13-26(17-27)15-14-25)24-23(28-18)21-10-8-20(9-11-21)19-6-3-2-4-7-19/h2-4,6-11,17H,5,12-16H2,1H3. The van der Waals surface area contributed by atoms with Gasteiger partial charge in [0, 0.05) is 38.3 Å². The summed E-state index contributed by atoms with van der Waals surface area (Å²) in [6, 6.07) is 18.7. The number of aromatic nitrogens is 1. The van der Waals surface area contributed by atoms with Crippen LogP contribution in [0.3, 0.4) is 0 Å². The molecule has 1 amide bonds. The number of benzene rings is 2. The summed E-state index contributed by atoms with van der Waals surface area (Å²) in [6.45, 7) is 6.17. The number of carbonyl (C=O) groups excluding carboxylic acids is 1. The highest BCUT2D eigenvalue weighted by atomic mass is 16.4. The van der Waals surface area contributed by atoms with Crippen molar-refractivity contribution in [3.8, 4) is 22.6 Å². The van der Waals surface area contributed by atoms with Crippen LogP contribution in [0, 0.1) is 6.92 Å². The maximum atomic E-state index is 11.0. The van der Waals surface area contributed by atoms with Gasteiger partial charge in [0.1, 0.15) is 5.76 Å². The van der Waals surface area contributed by atoms with Gasteiger partial charge in [-0.15, -0.1) is 0 Å². The Balaban J connectivity index is 1.47. The molecule has 0 radical (unpaired) electrons. The van der Waals surface area contributed by atoms with Gasteiger partial charge in [-0.25, -0.2) is 4.98 Å². The minimum absolute atomic E-state index is 0.663. The van der Waals surface area contributed by atoms with E-state index in [9.17, 15) is 4.79 Å². The van der Waals surface area contributed by atoms with Crippen molar-refractivity contribution in [2.45, 2.75) is 19.9 Å². The van der Waals surface area contributed by atoms with E-state index in [0.717, 1.165) is 62.6 Å². The van der Waals surface area contributed by atoms with Gasteiger partial charge in [0.2, 0.25) is 12.3 Å². The monoisotopic (exact) mass is 375 g/mol. The summed E-state index contributed by atoms with van der Waals surface area (Å²) in [7, 11) is 0. The highest BCUT2D eigenvalue weighted by molar-refractivity contribution is 5.67. The Hall–Kier alpha value is -2.92. The van der Waals surface area contributed by atoms with Gasteiger partial charge in [-0.3, -0.25) is 9.69 Å². The highest BCUT2D eigenvalue weighted by Crippen LogP contribution is 2.26. The summed E-state index contributed by atoms with van der Waals surface area (Å²) >= 11 is 0. The van der Waals surface area contributed by atoms with Crippen molar-refractivity contribution in [1.29, 1.82) is 0 Å². The fourth-order valence-electron chi connectivity index (χ4n) is 3.60. The van der Waals surface area contributed by atoms with Crippen LogP contribution in [0.2, 0.25) is 0 Å². The molecule has 0 aliphatic carbocycles. The third kappa shape index (κ3) is 4.15. The van der Waals surface area contributed by atoms with E-state index in [-0.39, 0.29) is 0 Å². The van der Waals surface area contributed by atoms with Crippen LogP contribution in [-0.2, 0) is 11.3 Å². The molecule has 3 aromatic rings. The van der Waals surface area contributed by atoms with Crippen LogP contribution in [0.4, 0.5) is 0 Å². The summed E-state index contributed by atoms with van der Waals surface area (Å²) in [5.74, 6) is 1.52. The zero-order valence-corrected chi connectivity index (χ0v) is 16.2. The van der Waals surface area contributed by atoms with E-state index in [4.69, 9.17) is 9.40 Å². The number of aryl methyl sites for hydroxylation is 1. The molecule has 1 aromatic heterocycles. The molecule has 2 heterocycles. The van der Waals surface area contributed by atoms with Crippen molar-refractivity contribution < 1.29 is 9.21 Å². The predicted octanol–water partition coefficient (Wildman–Crippen LogP) is 3.98. The van der Waals surface area contributed by atoms with Crippen LogP contribution >= 0.6 is 0 Å². The molecular weight excluding hydrogens is 350 g/mol. The summed E-state index contributed by atoms with van der Waals surface area (Å²) in [4.78, 5) is 19.9. The van der Waals surface area contributed by atoms with Crippen LogP contribution in [0.25, 0.3) is 22.6 Å². The maximum Gasteiger partial charge on any atom is 0.226 e. The van der Waals surface area contributed by atoms with Gasteiger partial charge >= 0.3 is 0 Å². The molecule has 1 aliphatic heterocycles. The molecule has 0 unspecified atom stereocenters. The van der Waals surface area contributed by atoms with Crippen molar-refractivity contribution in [3.05, 3.63) is 66.1 Å². The lowest BCUT2D eigenvalue weighted by molar-refractivity contribution is -0.118. The minimum Gasteiger partial charge on any atom is -0.441 e. The van der Waals surface area contributed by atoms with Crippen LogP contribution in [-0.4, -0.2) is 47.4 Å². The first-order valence-electron chi connectivity index (χ1n) is 9.77. The average molecular weight is 375 g/mol. The largest absolute Gasteiger partial charge is 0.441 e. The first-order chi connectivity index (χ1) is 13.7. The number of nitrogens with zero attached hydrogens (tertiary/aromatic N) is 3. The number of hydrogen-bond donors (Lipinski definition) is 0. The summed E-state index contributed by atoms with van der Waals surface area (Å²) < 4.78 is 5.96. The van der Waals surface area contributed by atoms with E-state index in [2.05, 4.69) is 41.3 Å². The van der Waals surface area contributed by atoms with Crippen LogP contribution in [0.15, 0.2) is 59.0 Å². The second-order valence-electron chi connectivity index (χ2n) is 7.24. The van der Waals surface area contributed by atoms with Crippen molar-refractivity contribution in [2.75, 3.05) is 26.2 Å². The molecule has 0 bridgehead atoms. The van der Waals surface area contributed by atoms with Gasteiger partial charge in [-0.1, -0.05) is 42.5 Å². The molecule has 28 heavy (non-hydrogen) atoms. The number of rotatable bonds is 5. The molecule has 2 aromatic carbocycles. The molecule has 4 rings (SSSR count). The lowest BCUT2D eigenvalue weighted by Crippen LogP contribution is -2.30.